The molecular formula is C14H17Cl2NO. The highest BCUT2D eigenvalue weighted by atomic mass is 35.5. The number of benzene rings is 1. The Labute approximate surface area is 118 Å². The smallest absolute Gasteiger partial charge is 0.178 e. The lowest BCUT2D eigenvalue weighted by Crippen LogP contribution is -2.30. The van der Waals surface area contributed by atoms with Gasteiger partial charge in [0.2, 0.25) is 0 Å². The van der Waals surface area contributed by atoms with E-state index in [9.17, 15) is 4.79 Å². The number of Topliss-reactive ketones (excluding diaryl/α,β-unsaturated/α-hetero) is 1. The zero-order valence-corrected chi connectivity index (χ0v) is 11.8. The van der Waals surface area contributed by atoms with Crippen molar-refractivity contribution < 1.29 is 4.79 Å². The number of hydrogen-bond acceptors (Lipinski definition) is 2. The average Bonchev–Trinajstić information content (AvgIpc) is 2.57. The first-order valence-electron chi connectivity index (χ1n) is 6.37. The molecule has 1 aromatic carbocycles. The standard InChI is InChI=1S/C14H17Cl2NO/c15-11-5-6-12(13(16)9-11)14(18)10-17-7-3-1-2-4-8-17/h5-6,9H,1-4,7-8,10H2. The number of ketones is 1. The fourth-order valence-electron chi connectivity index (χ4n) is 2.30. The molecule has 0 amide bonds. The van der Waals surface area contributed by atoms with Crippen molar-refractivity contribution >= 4 is 29.0 Å². The van der Waals surface area contributed by atoms with Crippen molar-refractivity contribution in [1.29, 1.82) is 0 Å². The van der Waals surface area contributed by atoms with E-state index in [-0.39, 0.29) is 5.78 Å². The molecule has 1 aliphatic heterocycles. The first kappa shape index (κ1) is 13.9. The quantitative estimate of drug-likeness (QED) is 0.781. The van der Waals surface area contributed by atoms with Crippen molar-refractivity contribution in [3.05, 3.63) is 33.8 Å². The molecule has 1 aromatic rings. The van der Waals surface area contributed by atoms with Crippen LogP contribution in [0.1, 0.15) is 36.0 Å². The van der Waals surface area contributed by atoms with Gasteiger partial charge in [-0.05, 0) is 44.1 Å². The molecule has 0 atom stereocenters. The molecule has 1 aliphatic rings. The molecule has 0 unspecified atom stereocenters. The molecule has 0 aliphatic carbocycles. The average molecular weight is 286 g/mol. The van der Waals surface area contributed by atoms with Crippen LogP contribution in [0, 0.1) is 0 Å². The summed E-state index contributed by atoms with van der Waals surface area (Å²) in [6, 6.07) is 5.05. The van der Waals surface area contributed by atoms with Crippen LogP contribution in [0.4, 0.5) is 0 Å². The Morgan fingerprint density at radius 1 is 1.11 bits per heavy atom. The molecule has 0 bridgehead atoms. The molecule has 4 heteroatoms. The van der Waals surface area contributed by atoms with Crippen LogP contribution >= 0.6 is 23.2 Å². The van der Waals surface area contributed by atoms with E-state index in [2.05, 4.69) is 4.90 Å². The number of hydrogen-bond donors (Lipinski definition) is 0. The summed E-state index contributed by atoms with van der Waals surface area (Å²) in [4.78, 5) is 14.4. The Balaban J connectivity index is 2.02. The van der Waals surface area contributed by atoms with Gasteiger partial charge < -0.3 is 0 Å². The van der Waals surface area contributed by atoms with E-state index in [1.807, 2.05) is 0 Å². The summed E-state index contributed by atoms with van der Waals surface area (Å²) >= 11 is 11.9. The second kappa shape index (κ2) is 6.55. The van der Waals surface area contributed by atoms with Crippen LogP contribution in [0.2, 0.25) is 10.0 Å². The maximum absolute atomic E-state index is 12.2. The van der Waals surface area contributed by atoms with Crippen LogP contribution in [0.25, 0.3) is 0 Å². The molecule has 0 aromatic heterocycles. The molecule has 2 nitrogen and oxygen atoms in total. The van der Waals surface area contributed by atoms with Gasteiger partial charge in [0, 0.05) is 10.6 Å². The fraction of sp³-hybridized carbons (Fsp3) is 0.500. The van der Waals surface area contributed by atoms with Gasteiger partial charge in [0.05, 0.1) is 11.6 Å². The van der Waals surface area contributed by atoms with Gasteiger partial charge in [-0.1, -0.05) is 36.0 Å². The molecule has 0 radical (unpaired) electrons. The lowest BCUT2D eigenvalue weighted by Gasteiger charge is -2.18. The van der Waals surface area contributed by atoms with E-state index in [1.54, 1.807) is 18.2 Å². The van der Waals surface area contributed by atoms with Gasteiger partial charge in [-0.15, -0.1) is 0 Å². The molecule has 0 saturated carbocycles. The minimum absolute atomic E-state index is 0.0820. The molecule has 0 N–H and O–H groups in total. The number of carbonyl (C=O) groups excluding carboxylic acids is 1. The number of rotatable bonds is 3. The van der Waals surface area contributed by atoms with E-state index >= 15 is 0 Å². The summed E-state index contributed by atoms with van der Waals surface area (Å²) in [7, 11) is 0. The van der Waals surface area contributed by atoms with Crippen molar-refractivity contribution in [2.24, 2.45) is 0 Å². The van der Waals surface area contributed by atoms with Crippen molar-refractivity contribution in [2.45, 2.75) is 25.7 Å². The molecule has 1 saturated heterocycles. The summed E-state index contributed by atoms with van der Waals surface area (Å²) in [5.41, 5.74) is 0.574. The zero-order chi connectivity index (χ0) is 13.0. The lowest BCUT2D eigenvalue weighted by atomic mass is 10.1. The Morgan fingerprint density at radius 2 is 1.78 bits per heavy atom. The zero-order valence-electron chi connectivity index (χ0n) is 10.3. The third-order valence-corrected chi connectivity index (χ3v) is 3.85. The van der Waals surface area contributed by atoms with Gasteiger partial charge in [-0.3, -0.25) is 9.69 Å². The highest BCUT2D eigenvalue weighted by Gasteiger charge is 2.16. The molecule has 0 spiro atoms. The number of carbonyl (C=O) groups is 1. The SMILES string of the molecule is O=C(CN1CCCCCC1)c1ccc(Cl)cc1Cl. The Bertz CT molecular complexity index is 426. The van der Waals surface area contributed by atoms with E-state index in [1.165, 1.54) is 25.7 Å². The predicted molar refractivity (Wildman–Crippen MR) is 75.7 cm³/mol. The maximum Gasteiger partial charge on any atom is 0.178 e. The second-order valence-electron chi connectivity index (χ2n) is 4.74. The third kappa shape index (κ3) is 3.71. The molecular weight excluding hydrogens is 269 g/mol. The topological polar surface area (TPSA) is 20.3 Å². The van der Waals surface area contributed by atoms with Crippen molar-refractivity contribution in [1.82, 2.24) is 4.90 Å². The summed E-state index contributed by atoms with van der Waals surface area (Å²) in [5.74, 6) is 0.0820. The lowest BCUT2D eigenvalue weighted by molar-refractivity contribution is 0.0933. The molecule has 2 rings (SSSR count). The van der Waals surface area contributed by atoms with Crippen molar-refractivity contribution in [2.75, 3.05) is 19.6 Å². The largest absolute Gasteiger partial charge is 0.296 e. The van der Waals surface area contributed by atoms with Gasteiger partial charge in [0.1, 0.15) is 0 Å². The maximum atomic E-state index is 12.2. The molecule has 1 fully saturated rings. The Kier molecular flexibility index (Phi) is 5.04. The van der Waals surface area contributed by atoms with Crippen LogP contribution in [0.5, 0.6) is 0 Å². The highest BCUT2D eigenvalue weighted by molar-refractivity contribution is 6.36. The Morgan fingerprint density at radius 3 is 2.39 bits per heavy atom. The highest BCUT2D eigenvalue weighted by Crippen LogP contribution is 2.22. The first-order valence-corrected chi connectivity index (χ1v) is 7.13. The van der Waals surface area contributed by atoms with Crippen molar-refractivity contribution in [3.8, 4) is 0 Å². The minimum atomic E-state index is 0.0820. The van der Waals surface area contributed by atoms with E-state index in [0.717, 1.165) is 13.1 Å². The van der Waals surface area contributed by atoms with E-state index in [4.69, 9.17) is 23.2 Å². The monoisotopic (exact) mass is 285 g/mol. The molecule has 98 valence electrons. The number of halogens is 2. The summed E-state index contributed by atoms with van der Waals surface area (Å²) < 4.78 is 0. The van der Waals surface area contributed by atoms with Crippen LogP contribution in [0.15, 0.2) is 18.2 Å². The molecule has 1 heterocycles. The normalized spacial score (nSPS) is 17.4. The fourth-order valence-corrected chi connectivity index (χ4v) is 2.81. The second-order valence-corrected chi connectivity index (χ2v) is 5.58. The van der Waals surface area contributed by atoms with Crippen LogP contribution in [0.3, 0.4) is 0 Å². The van der Waals surface area contributed by atoms with E-state index < -0.39 is 0 Å². The number of nitrogens with zero attached hydrogens (tertiary/aromatic N) is 1. The van der Waals surface area contributed by atoms with Crippen LogP contribution in [-0.4, -0.2) is 30.3 Å². The third-order valence-electron chi connectivity index (χ3n) is 3.30. The minimum Gasteiger partial charge on any atom is -0.296 e. The van der Waals surface area contributed by atoms with Crippen LogP contribution < -0.4 is 0 Å². The van der Waals surface area contributed by atoms with Gasteiger partial charge in [0.25, 0.3) is 0 Å². The first-order chi connectivity index (χ1) is 8.66. The van der Waals surface area contributed by atoms with Gasteiger partial charge >= 0.3 is 0 Å². The van der Waals surface area contributed by atoms with E-state index in [0.29, 0.717) is 22.2 Å². The number of likely N-dealkylation sites (tertiary alicyclic amines) is 1. The van der Waals surface area contributed by atoms with Crippen LogP contribution in [-0.2, 0) is 0 Å². The van der Waals surface area contributed by atoms with Gasteiger partial charge in [-0.2, -0.15) is 0 Å². The summed E-state index contributed by atoms with van der Waals surface area (Å²) in [6.45, 7) is 2.48. The van der Waals surface area contributed by atoms with Gasteiger partial charge in [-0.25, -0.2) is 0 Å². The van der Waals surface area contributed by atoms with Gasteiger partial charge in [0.15, 0.2) is 5.78 Å². The summed E-state index contributed by atoms with van der Waals surface area (Å²) in [6.07, 6.45) is 4.90. The summed E-state index contributed by atoms with van der Waals surface area (Å²) in [5, 5.41) is 1.01. The molecule has 18 heavy (non-hydrogen) atoms. The predicted octanol–water partition coefficient (Wildman–Crippen LogP) is 4.05. The van der Waals surface area contributed by atoms with Crippen molar-refractivity contribution in [3.63, 3.8) is 0 Å². The Hall–Kier alpha value is -0.570.